The van der Waals surface area contributed by atoms with E-state index in [2.05, 4.69) is 29.4 Å². The van der Waals surface area contributed by atoms with Crippen LogP contribution < -0.4 is 5.73 Å². The number of hydrogen-bond donors (Lipinski definition) is 2. The van der Waals surface area contributed by atoms with Crippen LogP contribution in [0, 0.1) is 6.92 Å². The minimum Gasteiger partial charge on any atom is -0.409 e. The summed E-state index contributed by atoms with van der Waals surface area (Å²) in [5.74, 6) is -0.231. The van der Waals surface area contributed by atoms with Gasteiger partial charge in [-0.25, -0.2) is 0 Å². The van der Waals surface area contributed by atoms with Crippen molar-refractivity contribution in [2.24, 2.45) is 16.0 Å². The molecule has 1 atom stereocenters. The Morgan fingerprint density at radius 1 is 1.22 bits per heavy atom. The molecule has 3 N–H and O–H groups in total. The first-order valence-electron chi connectivity index (χ1n) is 8.58. The average Bonchev–Trinajstić information content (AvgIpc) is 3.11. The molecule has 0 spiro atoms. The lowest BCUT2D eigenvalue weighted by Crippen LogP contribution is -2.43. The van der Waals surface area contributed by atoms with Gasteiger partial charge in [0.2, 0.25) is 0 Å². The van der Waals surface area contributed by atoms with Gasteiger partial charge < -0.3 is 20.7 Å². The monoisotopic (exact) mass is 366 g/mol. The Labute approximate surface area is 157 Å². The van der Waals surface area contributed by atoms with Gasteiger partial charge in [0.25, 0.3) is 5.91 Å². The van der Waals surface area contributed by atoms with Gasteiger partial charge in [-0.1, -0.05) is 46.7 Å². The molecule has 7 nitrogen and oxygen atoms in total. The van der Waals surface area contributed by atoms with Gasteiger partial charge in [0.15, 0.2) is 5.84 Å². The Balaban J connectivity index is 1.86. The molecular weight excluding hydrogens is 344 g/mol. The van der Waals surface area contributed by atoms with E-state index in [-0.39, 0.29) is 18.3 Å². The second kappa shape index (κ2) is 7.90. The standard InChI is InChI=1S/C20H22N4O3/c1-13-5-3-4-6-17(13)14-7-9-15(10-8-14)20(25)24-12-16(23-27-2)11-18(24)19(21)22-26/h3-10,18,26H,11-12H2,1-2H3,(H2,21,22)/t18-/m0/s1. The van der Waals surface area contributed by atoms with Crippen LogP contribution in [0.1, 0.15) is 22.3 Å². The van der Waals surface area contributed by atoms with Gasteiger partial charge in [-0.15, -0.1) is 0 Å². The summed E-state index contributed by atoms with van der Waals surface area (Å²) in [6, 6.07) is 15.0. The molecule has 2 aromatic rings. The van der Waals surface area contributed by atoms with E-state index < -0.39 is 6.04 Å². The largest absolute Gasteiger partial charge is 0.409 e. The van der Waals surface area contributed by atoms with E-state index >= 15 is 0 Å². The summed E-state index contributed by atoms with van der Waals surface area (Å²) in [6.07, 6.45) is 0.372. The van der Waals surface area contributed by atoms with Crippen LogP contribution in [0.5, 0.6) is 0 Å². The predicted octanol–water partition coefficient (Wildman–Crippen LogP) is 2.63. The van der Waals surface area contributed by atoms with Gasteiger partial charge in [-0.2, -0.15) is 0 Å². The molecule has 1 saturated heterocycles. The molecule has 0 bridgehead atoms. The molecule has 27 heavy (non-hydrogen) atoms. The van der Waals surface area contributed by atoms with Crippen molar-refractivity contribution in [2.75, 3.05) is 13.7 Å². The lowest BCUT2D eigenvalue weighted by atomic mass is 9.99. The van der Waals surface area contributed by atoms with Crippen molar-refractivity contribution in [1.82, 2.24) is 4.90 Å². The molecule has 2 aromatic carbocycles. The number of nitrogens with zero attached hydrogens (tertiary/aromatic N) is 3. The molecule has 0 saturated carbocycles. The third-order valence-electron chi connectivity index (χ3n) is 4.68. The number of carbonyl (C=O) groups excluding carboxylic acids is 1. The van der Waals surface area contributed by atoms with E-state index in [1.165, 1.54) is 17.6 Å². The van der Waals surface area contributed by atoms with Gasteiger partial charge in [0.05, 0.1) is 18.3 Å². The van der Waals surface area contributed by atoms with Gasteiger partial charge in [0, 0.05) is 12.0 Å². The van der Waals surface area contributed by atoms with Crippen molar-refractivity contribution in [3.05, 3.63) is 59.7 Å². The van der Waals surface area contributed by atoms with Crippen LogP contribution >= 0.6 is 0 Å². The first-order valence-corrected chi connectivity index (χ1v) is 8.58. The van der Waals surface area contributed by atoms with Gasteiger partial charge in [0.1, 0.15) is 7.11 Å². The Morgan fingerprint density at radius 2 is 1.93 bits per heavy atom. The maximum Gasteiger partial charge on any atom is 0.254 e. The van der Waals surface area contributed by atoms with Crippen LogP contribution in [0.3, 0.4) is 0 Å². The van der Waals surface area contributed by atoms with Gasteiger partial charge in [-0.3, -0.25) is 4.79 Å². The summed E-state index contributed by atoms with van der Waals surface area (Å²) in [5.41, 5.74) is 10.3. The lowest BCUT2D eigenvalue weighted by molar-refractivity contribution is 0.0772. The van der Waals surface area contributed by atoms with Crippen LogP contribution in [-0.4, -0.2) is 47.3 Å². The predicted molar refractivity (Wildman–Crippen MR) is 104 cm³/mol. The maximum atomic E-state index is 13.0. The summed E-state index contributed by atoms with van der Waals surface area (Å²) in [4.78, 5) is 19.3. The minimum absolute atomic E-state index is 0.0267. The van der Waals surface area contributed by atoms with Gasteiger partial charge in [-0.05, 0) is 35.7 Å². The molecular formula is C20H22N4O3. The molecule has 1 fully saturated rings. The van der Waals surface area contributed by atoms with Gasteiger partial charge >= 0.3 is 0 Å². The van der Waals surface area contributed by atoms with E-state index in [1.54, 1.807) is 12.1 Å². The molecule has 0 unspecified atom stereocenters. The number of aryl methyl sites for hydroxylation is 1. The number of amidine groups is 1. The zero-order valence-corrected chi connectivity index (χ0v) is 15.3. The fourth-order valence-electron chi connectivity index (χ4n) is 3.30. The summed E-state index contributed by atoms with van der Waals surface area (Å²) in [5, 5.41) is 16.0. The van der Waals surface area contributed by atoms with Crippen molar-refractivity contribution in [3.63, 3.8) is 0 Å². The van der Waals surface area contributed by atoms with Crippen molar-refractivity contribution >= 4 is 17.5 Å². The van der Waals surface area contributed by atoms with E-state index in [4.69, 9.17) is 15.8 Å². The second-order valence-electron chi connectivity index (χ2n) is 6.41. The fourth-order valence-corrected chi connectivity index (χ4v) is 3.30. The second-order valence-corrected chi connectivity index (χ2v) is 6.41. The summed E-state index contributed by atoms with van der Waals surface area (Å²) >= 11 is 0. The van der Waals surface area contributed by atoms with E-state index in [1.807, 2.05) is 24.3 Å². The molecule has 1 aliphatic rings. The number of hydrogen-bond acceptors (Lipinski definition) is 5. The normalized spacial score (nSPS) is 18.7. The number of rotatable bonds is 4. The summed E-state index contributed by atoms with van der Waals surface area (Å²) in [6.45, 7) is 2.32. The molecule has 1 amide bonds. The average molecular weight is 366 g/mol. The number of amides is 1. The Morgan fingerprint density at radius 3 is 2.56 bits per heavy atom. The third kappa shape index (κ3) is 3.76. The smallest absolute Gasteiger partial charge is 0.254 e. The third-order valence-corrected chi connectivity index (χ3v) is 4.68. The highest BCUT2D eigenvalue weighted by molar-refractivity contribution is 6.06. The summed E-state index contributed by atoms with van der Waals surface area (Å²) < 4.78 is 0. The molecule has 0 aliphatic carbocycles. The van der Waals surface area contributed by atoms with E-state index in [0.717, 1.165) is 11.1 Å². The number of nitrogens with two attached hydrogens (primary N) is 1. The van der Waals surface area contributed by atoms with Crippen molar-refractivity contribution in [1.29, 1.82) is 0 Å². The SMILES string of the molecule is CON=C1C[C@@H](C(N)=NO)N(C(=O)c2ccc(-c3ccccc3C)cc2)C1. The van der Waals surface area contributed by atoms with E-state index in [9.17, 15) is 4.79 Å². The first-order chi connectivity index (χ1) is 13.0. The van der Waals surface area contributed by atoms with Crippen LogP contribution in [0.15, 0.2) is 58.8 Å². The molecule has 0 radical (unpaired) electrons. The summed E-state index contributed by atoms with van der Waals surface area (Å²) in [7, 11) is 1.44. The molecule has 0 aromatic heterocycles. The van der Waals surface area contributed by atoms with E-state index in [0.29, 0.717) is 17.7 Å². The Hall–Kier alpha value is -3.35. The number of benzene rings is 2. The zero-order chi connectivity index (χ0) is 19.4. The molecule has 3 rings (SSSR count). The van der Waals surface area contributed by atoms with Crippen molar-refractivity contribution in [3.8, 4) is 11.1 Å². The van der Waals surface area contributed by atoms with Crippen LogP contribution in [-0.2, 0) is 4.84 Å². The maximum absolute atomic E-state index is 13.0. The van der Waals surface area contributed by atoms with Crippen LogP contribution in [0.2, 0.25) is 0 Å². The van der Waals surface area contributed by atoms with Crippen molar-refractivity contribution < 1.29 is 14.8 Å². The highest BCUT2D eigenvalue weighted by Gasteiger charge is 2.36. The number of likely N-dealkylation sites (tertiary alicyclic amines) is 1. The minimum atomic E-state index is -0.549. The fraction of sp³-hybridized carbons (Fsp3) is 0.250. The lowest BCUT2D eigenvalue weighted by Gasteiger charge is -2.23. The number of oxime groups is 2. The van der Waals surface area contributed by atoms with Crippen LogP contribution in [0.25, 0.3) is 11.1 Å². The topological polar surface area (TPSA) is 101 Å². The molecule has 1 aliphatic heterocycles. The molecule has 7 heteroatoms. The Bertz CT molecular complexity index is 890. The highest BCUT2D eigenvalue weighted by Crippen LogP contribution is 2.25. The first kappa shape index (κ1) is 18.4. The quantitative estimate of drug-likeness (QED) is 0.376. The van der Waals surface area contributed by atoms with Crippen molar-refractivity contribution in [2.45, 2.75) is 19.4 Å². The molecule has 1 heterocycles. The Kier molecular flexibility index (Phi) is 5.40. The molecule has 140 valence electrons. The highest BCUT2D eigenvalue weighted by atomic mass is 16.6. The zero-order valence-electron chi connectivity index (χ0n) is 15.3. The van der Waals surface area contributed by atoms with Crippen LogP contribution in [0.4, 0.5) is 0 Å². The number of carbonyl (C=O) groups is 1.